The quantitative estimate of drug-likeness (QED) is 0.750. The summed E-state index contributed by atoms with van der Waals surface area (Å²) in [7, 11) is 0. The molecule has 2 aliphatic rings. The summed E-state index contributed by atoms with van der Waals surface area (Å²) >= 11 is 1.69. The highest BCUT2D eigenvalue weighted by atomic mass is 32.1. The predicted octanol–water partition coefficient (Wildman–Crippen LogP) is 3.88. The fourth-order valence-corrected chi connectivity index (χ4v) is 4.44. The molecule has 2 heterocycles. The summed E-state index contributed by atoms with van der Waals surface area (Å²) < 4.78 is 0. The number of rotatable bonds is 6. The van der Waals surface area contributed by atoms with Gasteiger partial charge in [-0.3, -0.25) is 19.3 Å². The summed E-state index contributed by atoms with van der Waals surface area (Å²) in [6.07, 6.45) is 7.66. The highest BCUT2D eigenvalue weighted by Crippen LogP contribution is 2.32. The Balaban J connectivity index is 0.00000240. The average Bonchev–Trinajstić information content (AvgIpc) is 3.27. The summed E-state index contributed by atoms with van der Waals surface area (Å²) in [4.78, 5) is 42.4. The van der Waals surface area contributed by atoms with Crippen LogP contribution in [0.3, 0.4) is 0 Å². The van der Waals surface area contributed by atoms with Gasteiger partial charge in [-0.15, -0.1) is 11.3 Å². The number of fused-ring (bicyclic) bond motifs is 1. The highest BCUT2D eigenvalue weighted by Gasteiger charge is 2.28. The van der Waals surface area contributed by atoms with Crippen molar-refractivity contribution in [1.29, 1.82) is 0 Å². The van der Waals surface area contributed by atoms with E-state index < -0.39 is 0 Å². The first kappa shape index (κ1) is 18.6. The van der Waals surface area contributed by atoms with Crippen LogP contribution in [0.4, 0.5) is 5.69 Å². The van der Waals surface area contributed by atoms with E-state index in [1.54, 1.807) is 11.3 Å². The lowest BCUT2D eigenvalue weighted by atomic mass is 10.1. The van der Waals surface area contributed by atoms with E-state index in [2.05, 4.69) is 17.5 Å². The maximum atomic E-state index is 12.1. The Labute approximate surface area is 168 Å². The zero-order chi connectivity index (χ0) is 19.5. The second-order valence-electron chi connectivity index (χ2n) is 6.94. The van der Waals surface area contributed by atoms with E-state index in [9.17, 15) is 14.4 Å². The van der Waals surface area contributed by atoms with Crippen LogP contribution in [0.1, 0.15) is 44.1 Å². The molecule has 1 saturated heterocycles. The third kappa shape index (κ3) is 4.04. The lowest BCUT2D eigenvalue weighted by Gasteiger charge is -2.13. The number of imide groups is 1. The minimum Gasteiger partial charge on any atom is -0.326 e. The Bertz CT molecular complexity index is 937. The number of likely N-dealkylation sites (tertiary alicyclic amines) is 1. The molecule has 1 aliphatic heterocycles. The molecule has 0 radical (unpaired) electrons. The van der Waals surface area contributed by atoms with Gasteiger partial charge in [0, 0.05) is 38.5 Å². The molecule has 1 fully saturated rings. The van der Waals surface area contributed by atoms with E-state index in [1.807, 2.05) is 24.3 Å². The summed E-state index contributed by atoms with van der Waals surface area (Å²) in [6.45, 7) is 0.313. The Morgan fingerprint density at radius 1 is 1.14 bits per heavy atom. The van der Waals surface area contributed by atoms with Gasteiger partial charge in [-0.05, 0) is 49.6 Å². The van der Waals surface area contributed by atoms with Crippen LogP contribution in [-0.2, 0) is 20.8 Å². The second-order valence-corrected chi connectivity index (χ2v) is 7.97. The number of nitrogens with one attached hydrogen (secondary N) is 1. The summed E-state index contributed by atoms with van der Waals surface area (Å²) in [5.41, 5.74) is 2.93. The van der Waals surface area contributed by atoms with E-state index in [4.69, 9.17) is 4.98 Å². The van der Waals surface area contributed by atoms with Crippen LogP contribution in [0.15, 0.2) is 30.3 Å². The first-order chi connectivity index (χ1) is 13.6. The number of anilines is 1. The molecule has 6 nitrogen and oxygen atoms in total. The van der Waals surface area contributed by atoms with Crippen molar-refractivity contribution >= 4 is 40.8 Å². The molecule has 4 rings (SSSR count). The summed E-state index contributed by atoms with van der Waals surface area (Å²) in [6, 6.07) is 7.67. The van der Waals surface area contributed by atoms with E-state index in [1.165, 1.54) is 9.78 Å². The van der Waals surface area contributed by atoms with Gasteiger partial charge in [0.1, 0.15) is 5.01 Å². The Hall–Kier alpha value is -2.80. The molecule has 0 spiro atoms. The molecule has 1 aromatic carbocycles. The number of carbonyl (C=O) groups is 3. The normalized spacial score (nSPS) is 15.8. The van der Waals surface area contributed by atoms with Crippen LogP contribution < -0.4 is 5.32 Å². The molecular weight excluding hydrogens is 374 g/mol. The molecule has 0 bridgehead atoms. The number of benzene rings is 1. The molecule has 28 heavy (non-hydrogen) atoms. The van der Waals surface area contributed by atoms with Crippen LogP contribution in [0, 0.1) is 0 Å². The molecule has 0 unspecified atom stereocenters. The Morgan fingerprint density at radius 3 is 2.61 bits per heavy atom. The van der Waals surface area contributed by atoms with Crippen molar-refractivity contribution in [2.75, 3.05) is 11.9 Å². The number of hydrogen-bond donors (Lipinski definition) is 1. The number of hydrogen-bond acceptors (Lipinski definition) is 5. The lowest BCUT2D eigenvalue weighted by Crippen LogP contribution is -2.30. The number of nitrogens with zero attached hydrogens (tertiary/aromatic N) is 2. The maximum absolute atomic E-state index is 12.1. The highest BCUT2D eigenvalue weighted by molar-refractivity contribution is 7.16. The van der Waals surface area contributed by atoms with Crippen molar-refractivity contribution in [3.05, 3.63) is 40.9 Å². The van der Waals surface area contributed by atoms with Crippen molar-refractivity contribution in [2.45, 2.75) is 38.5 Å². The van der Waals surface area contributed by atoms with Gasteiger partial charge in [0.15, 0.2) is 0 Å². The summed E-state index contributed by atoms with van der Waals surface area (Å²) in [5.74, 6) is -0.401. The standard InChI is InChI=1S/C21H21N3O3S.H2/c25-18(6-3-13-24-19(26)11-12-20(24)27)22-15-9-7-14(8-10-15)21-23-16-4-1-2-5-17(16)28-21;/h2,5,7-10H,1,3-4,6,11-13H2,(H,22,25);1H. The molecule has 146 valence electrons. The number of amides is 3. The zero-order valence-electron chi connectivity index (χ0n) is 15.4. The predicted molar refractivity (Wildman–Crippen MR) is 111 cm³/mol. The fourth-order valence-electron chi connectivity index (χ4n) is 3.40. The fraction of sp³-hybridized carbons (Fsp3) is 0.333. The number of aromatic nitrogens is 1. The van der Waals surface area contributed by atoms with Crippen LogP contribution in [-0.4, -0.2) is 34.2 Å². The van der Waals surface area contributed by atoms with Crippen molar-refractivity contribution in [2.24, 2.45) is 0 Å². The van der Waals surface area contributed by atoms with E-state index >= 15 is 0 Å². The van der Waals surface area contributed by atoms with Gasteiger partial charge in [-0.2, -0.15) is 0 Å². The molecule has 7 heteroatoms. The van der Waals surface area contributed by atoms with Gasteiger partial charge in [-0.25, -0.2) is 4.98 Å². The number of aryl methyl sites for hydroxylation is 1. The Kier molecular flexibility index (Phi) is 5.34. The van der Waals surface area contributed by atoms with Gasteiger partial charge in [-0.1, -0.05) is 6.08 Å². The minimum atomic E-state index is -0.139. The van der Waals surface area contributed by atoms with Crippen LogP contribution >= 0.6 is 11.3 Å². The molecule has 0 saturated carbocycles. The van der Waals surface area contributed by atoms with E-state index in [0.29, 0.717) is 13.0 Å². The van der Waals surface area contributed by atoms with Gasteiger partial charge in [0.25, 0.3) is 0 Å². The first-order valence-electron chi connectivity index (χ1n) is 9.50. The van der Waals surface area contributed by atoms with Crippen molar-refractivity contribution < 1.29 is 15.8 Å². The number of thiazole rings is 1. The van der Waals surface area contributed by atoms with Crippen molar-refractivity contribution in [3.8, 4) is 10.6 Å². The average molecular weight is 398 g/mol. The third-order valence-corrected chi connectivity index (χ3v) is 6.01. The molecule has 1 aromatic heterocycles. The molecule has 0 atom stereocenters. The van der Waals surface area contributed by atoms with Gasteiger partial charge < -0.3 is 5.32 Å². The summed E-state index contributed by atoms with van der Waals surface area (Å²) in [5, 5.41) is 3.86. The first-order valence-corrected chi connectivity index (χ1v) is 10.3. The molecule has 1 aliphatic carbocycles. The van der Waals surface area contributed by atoms with Gasteiger partial charge >= 0.3 is 0 Å². The monoisotopic (exact) mass is 397 g/mol. The minimum absolute atomic E-state index is 0. The van der Waals surface area contributed by atoms with E-state index in [0.717, 1.165) is 34.8 Å². The molecule has 3 amide bonds. The van der Waals surface area contributed by atoms with Gasteiger partial charge in [0.05, 0.1) is 10.6 Å². The largest absolute Gasteiger partial charge is 0.326 e. The Morgan fingerprint density at radius 2 is 1.89 bits per heavy atom. The van der Waals surface area contributed by atoms with E-state index in [-0.39, 0.29) is 38.4 Å². The second kappa shape index (κ2) is 8.06. The van der Waals surface area contributed by atoms with Crippen LogP contribution in [0.5, 0.6) is 0 Å². The van der Waals surface area contributed by atoms with Crippen molar-refractivity contribution in [3.63, 3.8) is 0 Å². The lowest BCUT2D eigenvalue weighted by molar-refractivity contribution is -0.138. The van der Waals surface area contributed by atoms with Gasteiger partial charge in [0.2, 0.25) is 17.7 Å². The van der Waals surface area contributed by atoms with Crippen LogP contribution in [0.2, 0.25) is 0 Å². The topological polar surface area (TPSA) is 79.4 Å². The molecule has 2 aromatic rings. The number of allylic oxidation sites excluding steroid dienone is 1. The van der Waals surface area contributed by atoms with Crippen molar-refractivity contribution in [1.82, 2.24) is 9.88 Å². The zero-order valence-corrected chi connectivity index (χ0v) is 16.3. The third-order valence-electron chi connectivity index (χ3n) is 4.90. The maximum Gasteiger partial charge on any atom is 0.229 e. The molecular formula is C21H23N3O3S. The molecule has 1 N–H and O–H groups in total. The number of carbonyl (C=O) groups excluding carboxylic acids is 3. The smallest absolute Gasteiger partial charge is 0.229 e. The van der Waals surface area contributed by atoms with Crippen LogP contribution in [0.25, 0.3) is 16.6 Å². The SMILES string of the molecule is O=C(CCCN1C(=O)CCC1=O)Nc1ccc(-c2nc3c(s2)C=CCC3)cc1.[HH].